The van der Waals surface area contributed by atoms with E-state index in [1.165, 1.54) is 41.7 Å². The van der Waals surface area contributed by atoms with Crippen molar-refractivity contribution in [1.29, 1.82) is 0 Å². The van der Waals surface area contributed by atoms with Gasteiger partial charge in [0.1, 0.15) is 5.75 Å². The van der Waals surface area contributed by atoms with E-state index in [0.29, 0.717) is 18.6 Å². The quantitative estimate of drug-likeness (QED) is 0.688. The van der Waals surface area contributed by atoms with Crippen molar-refractivity contribution in [3.05, 3.63) is 52.5 Å². The highest BCUT2D eigenvalue weighted by Crippen LogP contribution is 2.25. The third-order valence-corrected chi connectivity index (χ3v) is 8.47. The van der Waals surface area contributed by atoms with Gasteiger partial charge in [-0.15, -0.1) is 0 Å². The lowest BCUT2D eigenvalue weighted by molar-refractivity contribution is 0.308. The number of hydrogen-bond donors (Lipinski definition) is 1. The van der Waals surface area contributed by atoms with E-state index >= 15 is 0 Å². The third-order valence-electron chi connectivity index (χ3n) is 4.62. The number of halogens is 2. The molecule has 7 nitrogen and oxygen atoms in total. The lowest BCUT2D eigenvalue weighted by Gasteiger charge is -2.31. The molecule has 0 bridgehead atoms. The van der Waals surface area contributed by atoms with Crippen LogP contribution in [0.1, 0.15) is 12.8 Å². The minimum atomic E-state index is -3.82. The molecule has 158 valence electrons. The van der Waals surface area contributed by atoms with Crippen molar-refractivity contribution in [2.45, 2.75) is 28.7 Å². The zero-order valence-corrected chi connectivity index (χ0v) is 18.7. The van der Waals surface area contributed by atoms with Gasteiger partial charge < -0.3 is 4.74 Å². The summed E-state index contributed by atoms with van der Waals surface area (Å²) in [5, 5.41) is 0.441. The summed E-state index contributed by atoms with van der Waals surface area (Å²) in [6.07, 6.45) is 0.700. The Kier molecular flexibility index (Phi) is 6.77. The van der Waals surface area contributed by atoms with E-state index in [2.05, 4.69) is 4.72 Å². The summed E-state index contributed by atoms with van der Waals surface area (Å²) in [6, 6.07) is 9.86. The molecule has 1 saturated heterocycles. The summed E-state index contributed by atoms with van der Waals surface area (Å²) in [7, 11) is -5.96. The molecule has 0 aromatic heterocycles. The third kappa shape index (κ3) is 5.22. The van der Waals surface area contributed by atoms with E-state index in [9.17, 15) is 16.8 Å². The van der Waals surface area contributed by atoms with Crippen molar-refractivity contribution in [2.75, 3.05) is 20.2 Å². The molecule has 0 unspecified atom stereocenters. The molecule has 0 spiro atoms. The summed E-state index contributed by atoms with van der Waals surface area (Å²) in [5.74, 6) is 0.568. The first-order valence-electron chi connectivity index (χ1n) is 8.74. The van der Waals surface area contributed by atoms with Gasteiger partial charge in [0.15, 0.2) is 0 Å². The maximum absolute atomic E-state index is 12.8. The Hall–Kier alpha value is -1.36. The highest BCUT2D eigenvalue weighted by Gasteiger charge is 2.31. The van der Waals surface area contributed by atoms with E-state index in [1.807, 2.05) is 0 Å². The first kappa shape index (κ1) is 22.3. The van der Waals surface area contributed by atoms with Gasteiger partial charge in [0.05, 0.1) is 16.9 Å². The van der Waals surface area contributed by atoms with Crippen molar-refractivity contribution in [1.82, 2.24) is 9.03 Å². The van der Waals surface area contributed by atoms with Crippen LogP contribution in [-0.4, -0.2) is 47.4 Å². The second kappa shape index (κ2) is 8.79. The number of rotatable bonds is 6. The highest BCUT2D eigenvalue weighted by atomic mass is 35.5. The van der Waals surface area contributed by atoms with E-state index in [0.717, 1.165) is 0 Å². The van der Waals surface area contributed by atoms with Crippen molar-refractivity contribution in [3.63, 3.8) is 0 Å². The molecule has 1 fully saturated rings. The Labute approximate surface area is 180 Å². The Morgan fingerprint density at radius 1 is 0.931 bits per heavy atom. The van der Waals surface area contributed by atoms with Crippen LogP contribution in [0.5, 0.6) is 5.75 Å². The van der Waals surface area contributed by atoms with Gasteiger partial charge in [-0.05, 0) is 55.3 Å². The summed E-state index contributed by atoms with van der Waals surface area (Å²) >= 11 is 11.8. The number of nitrogens with zero attached hydrogens (tertiary/aromatic N) is 1. The van der Waals surface area contributed by atoms with Crippen LogP contribution in [0.25, 0.3) is 0 Å². The van der Waals surface area contributed by atoms with Gasteiger partial charge >= 0.3 is 0 Å². The van der Waals surface area contributed by atoms with Crippen LogP contribution in [-0.2, 0) is 20.0 Å². The number of benzene rings is 2. The highest BCUT2D eigenvalue weighted by molar-refractivity contribution is 7.89. The summed E-state index contributed by atoms with van der Waals surface area (Å²) < 4.78 is 59.8. The van der Waals surface area contributed by atoms with Crippen molar-refractivity contribution < 1.29 is 21.6 Å². The van der Waals surface area contributed by atoms with Crippen molar-refractivity contribution in [2.24, 2.45) is 0 Å². The Bertz CT molecular complexity index is 1060. The minimum absolute atomic E-state index is 0.0247. The number of sulfonamides is 2. The first-order valence-corrected chi connectivity index (χ1v) is 12.4. The molecule has 0 atom stereocenters. The lowest BCUT2D eigenvalue weighted by Crippen LogP contribution is -2.46. The summed E-state index contributed by atoms with van der Waals surface area (Å²) in [4.78, 5) is 0.147. The standard InChI is InChI=1S/C18H20Cl2N2O5S2/c1-27-16-2-4-17(5-3-16)29(25,26)22-8-6-15(7-9-22)21-28(23,24)18-11-13(19)10-14(20)12-18/h2-5,10-12,15,21H,6-9H2,1H3. The van der Waals surface area contributed by atoms with E-state index in [4.69, 9.17) is 27.9 Å². The normalized spacial score (nSPS) is 16.7. The van der Waals surface area contributed by atoms with Gasteiger partial charge in [-0.2, -0.15) is 4.31 Å². The predicted molar refractivity (Wildman–Crippen MR) is 112 cm³/mol. The molecule has 2 aromatic rings. The number of nitrogens with one attached hydrogen (secondary N) is 1. The summed E-state index contributed by atoms with van der Waals surface area (Å²) in [5.41, 5.74) is 0. The van der Waals surface area contributed by atoms with Gasteiger partial charge in [0.2, 0.25) is 20.0 Å². The van der Waals surface area contributed by atoms with E-state index in [-0.39, 0.29) is 39.0 Å². The average Bonchev–Trinajstić information content (AvgIpc) is 2.67. The van der Waals surface area contributed by atoms with Gasteiger partial charge in [0, 0.05) is 29.2 Å². The molecule has 1 heterocycles. The van der Waals surface area contributed by atoms with Crippen LogP contribution in [0.2, 0.25) is 10.0 Å². The second-order valence-electron chi connectivity index (χ2n) is 6.58. The molecule has 29 heavy (non-hydrogen) atoms. The molecule has 11 heteroatoms. The number of ether oxygens (including phenoxy) is 1. The van der Waals surface area contributed by atoms with Crippen molar-refractivity contribution in [3.8, 4) is 5.75 Å². The monoisotopic (exact) mass is 478 g/mol. The van der Waals surface area contributed by atoms with E-state index < -0.39 is 20.0 Å². The van der Waals surface area contributed by atoms with Crippen molar-refractivity contribution >= 4 is 43.2 Å². The molecule has 1 N–H and O–H groups in total. The second-order valence-corrected chi connectivity index (χ2v) is 11.1. The zero-order chi connectivity index (χ0) is 21.2. The molecular formula is C18H20Cl2N2O5S2. The molecule has 1 aliphatic rings. The fourth-order valence-electron chi connectivity index (χ4n) is 3.08. The SMILES string of the molecule is COc1ccc(S(=O)(=O)N2CCC(NS(=O)(=O)c3cc(Cl)cc(Cl)c3)CC2)cc1. The van der Waals surface area contributed by atoms with Crippen LogP contribution >= 0.6 is 23.2 Å². The van der Waals surface area contributed by atoms with Crippen LogP contribution < -0.4 is 9.46 Å². The zero-order valence-electron chi connectivity index (χ0n) is 15.5. The smallest absolute Gasteiger partial charge is 0.243 e. The molecule has 2 aromatic carbocycles. The number of methoxy groups -OCH3 is 1. The van der Waals surface area contributed by atoms with Crippen LogP contribution in [0.4, 0.5) is 0 Å². The van der Waals surface area contributed by atoms with Crippen LogP contribution in [0.3, 0.4) is 0 Å². The maximum Gasteiger partial charge on any atom is 0.243 e. The largest absolute Gasteiger partial charge is 0.497 e. The summed E-state index contributed by atoms with van der Waals surface area (Å²) in [6.45, 7) is 0.412. The molecule has 0 aliphatic carbocycles. The molecular weight excluding hydrogens is 459 g/mol. The fraction of sp³-hybridized carbons (Fsp3) is 0.333. The Balaban J connectivity index is 1.66. The van der Waals surface area contributed by atoms with E-state index in [1.54, 1.807) is 12.1 Å². The fourth-order valence-corrected chi connectivity index (χ4v) is 6.58. The molecule has 1 aliphatic heterocycles. The predicted octanol–water partition coefficient (Wildman–Crippen LogP) is 3.13. The molecule has 0 saturated carbocycles. The maximum atomic E-state index is 12.8. The first-order chi connectivity index (χ1) is 13.6. The van der Waals surface area contributed by atoms with Gasteiger partial charge in [-0.1, -0.05) is 23.2 Å². The van der Waals surface area contributed by atoms with Gasteiger partial charge in [-0.3, -0.25) is 0 Å². The van der Waals surface area contributed by atoms with Crippen LogP contribution in [0.15, 0.2) is 52.3 Å². The van der Waals surface area contributed by atoms with Gasteiger partial charge in [-0.25, -0.2) is 21.6 Å². The lowest BCUT2D eigenvalue weighted by atomic mass is 10.1. The van der Waals surface area contributed by atoms with Crippen LogP contribution in [0, 0.1) is 0 Å². The molecule has 0 amide bonds. The Morgan fingerprint density at radius 2 is 1.48 bits per heavy atom. The molecule has 0 radical (unpaired) electrons. The topological polar surface area (TPSA) is 92.8 Å². The minimum Gasteiger partial charge on any atom is -0.497 e. The number of piperidine rings is 1. The molecule has 3 rings (SSSR count). The number of hydrogen-bond acceptors (Lipinski definition) is 5. The Morgan fingerprint density at radius 3 is 2.00 bits per heavy atom. The van der Waals surface area contributed by atoms with Gasteiger partial charge in [0.25, 0.3) is 0 Å². The average molecular weight is 479 g/mol.